The van der Waals surface area contributed by atoms with Gasteiger partial charge in [-0.3, -0.25) is 4.79 Å². The lowest BCUT2D eigenvalue weighted by Gasteiger charge is -2.25. The lowest BCUT2D eigenvalue weighted by Crippen LogP contribution is -2.37. The van der Waals surface area contributed by atoms with Crippen molar-refractivity contribution < 1.29 is 18.0 Å². The van der Waals surface area contributed by atoms with E-state index in [-0.39, 0.29) is 29.6 Å². The average molecular weight is 466 g/mol. The third-order valence-corrected chi connectivity index (χ3v) is 8.04. The summed E-state index contributed by atoms with van der Waals surface area (Å²) in [4.78, 5) is 18.4. The third kappa shape index (κ3) is 4.27. The molecule has 0 N–H and O–H groups in total. The maximum absolute atomic E-state index is 12.6. The van der Waals surface area contributed by atoms with Gasteiger partial charge in [-0.1, -0.05) is 40.5 Å². The van der Waals surface area contributed by atoms with Crippen LogP contribution in [0, 0.1) is 12.8 Å². The Labute approximate surface area is 185 Å². The molecule has 4 rings (SSSR count). The number of carbonyl (C=O) groups excluding carboxylic acids is 1. The molecule has 2 heterocycles. The summed E-state index contributed by atoms with van der Waals surface area (Å²) < 4.78 is 22.6. The van der Waals surface area contributed by atoms with Crippen LogP contribution in [0.15, 0.2) is 41.6 Å². The molecule has 0 bridgehead atoms. The van der Waals surface area contributed by atoms with E-state index in [1.165, 1.54) is 0 Å². The van der Waals surface area contributed by atoms with Crippen molar-refractivity contribution in [2.24, 2.45) is 11.1 Å². The van der Waals surface area contributed by atoms with Crippen molar-refractivity contribution in [1.82, 2.24) is 0 Å². The lowest BCUT2D eigenvalue weighted by atomic mass is 9.88. The van der Waals surface area contributed by atoms with Crippen LogP contribution in [-0.2, 0) is 20.3 Å². The van der Waals surface area contributed by atoms with Gasteiger partial charge in [-0.15, -0.1) is 0 Å². The predicted molar refractivity (Wildman–Crippen MR) is 118 cm³/mol. The second-order valence-corrected chi connectivity index (χ2v) is 11.3. The molecule has 0 saturated carbocycles. The van der Waals surface area contributed by atoms with E-state index in [1.807, 2.05) is 38.1 Å². The van der Waals surface area contributed by atoms with Crippen LogP contribution in [0.2, 0.25) is 10.0 Å². The standard InChI is InChI=1S/C22H21Cl2NO4S/c1-13-5-15(3-4-19(13)21(26)6-14-11-30(27,28)12-14)20-10-22(2,29-25-20)16-7-17(23)9-18(24)8-16/h3-5,7-9,14H,6,10-12H2,1-2H3. The quantitative estimate of drug-likeness (QED) is 0.584. The van der Waals surface area contributed by atoms with Gasteiger partial charge in [0.05, 0.1) is 17.2 Å². The second kappa shape index (κ2) is 7.66. The molecule has 0 amide bonds. The molecule has 0 aromatic heterocycles. The normalized spacial score (nSPS) is 22.9. The van der Waals surface area contributed by atoms with E-state index in [2.05, 4.69) is 5.16 Å². The minimum atomic E-state index is -2.92. The Morgan fingerprint density at radius 2 is 1.83 bits per heavy atom. The highest BCUT2D eigenvalue weighted by atomic mass is 35.5. The molecule has 1 atom stereocenters. The number of halogens is 2. The minimum absolute atomic E-state index is 0.0260. The van der Waals surface area contributed by atoms with Crippen molar-refractivity contribution in [2.75, 3.05) is 11.5 Å². The summed E-state index contributed by atoms with van der Waals surface area (Å²) in [6, 6.07) is 10.9. The summed E-state index contributed by atoms with van der Waals surface area (Å²) >= 11 is 12.3. The monoisotopic (exact) mass is 465 g/mol. The minimum Gasteiger partial charge on any atom is -0.384 e. The molecule has 0 spiro atoms. The van der Waals surface area contributed by atoms with Crippen molar-refractivity contribution in [2.45, 2.75) is 32.3 Å². The van der Waals surface area contributed by atoms with Crippen LogP contribution >= 0.6 is 23.2 Å². The van der Waals surface area contributed by atoms with E-state index in [9.17, 15) is 13.2 Å². The number of hydrogen-bond acceptors (Lipinski definition) is 5. The van der Waals surface area contributed by atoms with Crippen molar-refractivity contribution in [3.8, 4) is 0 Å². The highest BCUT2D eigenvalue weighted by Gasteiger charge is 2.38. The topological polar surface area (TPSA) is 72.8 Å². The van der Waals surface area contributed by atoms with Crippen LogP contribution in [0.4, 0.5) is 0 Å². The Kier molecular flexibility index (Phi) is 5.45. The molecule has 2 aromatic rings. The van der Waals surface area contributed by atoms with Crippen LogP contribution in [0.3, 0.4) is 0 Å². The molecule has 30 heavy (non-hydrogen) atoms. The number of aryl methyl sites for hydroxylation is 1. The van der Waals surface area contributed by atoms with E-state index in [1.54, 1.807) is 12.1 Å². The first kappa shape index (κ1) is 21.3. The van der Waals surface area contributed by atoms with Gasteiger partial charge in [-0.05, 0) is 55.2 Å². The Bertz CT molecular complexity index is 1140. The van der Waals surface area contributed by atoms with Crippen LogP contribution < -0.4 is 0 Å². The number of hydrogen-bond donors (Lipinski definition) is 0. The number of Topliss-reactive ketones (excluding diaryl/α,β-unsaturated/α-hetero) is 1. The van der Waals surface area contributed by atoms with Crippen LogP contribution in [0.5, 0.6) is 0 Å². The SMILES string of the molecule is Cc1cc(C2=NOC(C)(c3cc(Cl)cc(Cl)c3)C2)ccc1C(=O)CC1CS(=O)(=O)C1. The van der Waals surface area contributed by atoms with E-state index in [0.717, 1.165) is 22.4 Å². The first-order valence-corrected chi connectivity index (χ1v) is 12.2. The number of oxime groups is 1. The molecule has 5 nitrogen and oxygen atoms in total. The van der Waals surface area contributed by atoms with Gasteiger partial charge in [-0.2, -0.15) is 0 Å². The van der Waals surface area contributed by atoms with Gasteiger partial charge >= 0.3 is 0 Å². The van der Waals surface area contributed by atoms with Gasteiger partial charge in [0.15, 0.2) is 21.2 Å². The molecule has 2 aliphatic heterocycles. The molecule has 2 aliphatic rings. The summed E-state index contributed by atoms with van der Waals surface area (Å²) in [5.74, 6) is 0.119. The first-order chi connectivity index (χ1) is 14.0. The number of carbonyl (C=O) groups is 1. The Morgan fingerprint density at radius 3 is 2.43 bits per heavy atom. The summed E-state index contributed by atoms with van der Waals surface area (Å²) in [6.07, 6.45) is 0.799. The van der Waals surface area contributed by atoms with Gasteiger partial charge in [0.2, 0.25) is 0 Å². The van der Waals surface area contributed by atoms with Crippen LogP contribution in [0.1, 0.15) is 46.8 Å². The van der Waals surface area contributed by atoms with Crippen molar-refractivity contribution in [3.05, 3.63) is 68.7 Å². The fourth-order valence-corrected chi connectivity index (χ4v) is 6.12. The Hall–Kier alpha value is -1.89. The van der Waals surface area contributed by atoms with Gasteiger partial charge in [-0.25, -0.2) is 8.42 Å². The van der Waals surface area contributed by atoms with Gasteiger partial charge in [0.1, 0.15) is 0 Å². The number of ketones is 1. The number of nitrogens with zero attached hydrogens (tertiary/aromatic N) is 1. The largest absolute Gasteiger partial charge is 0.384 e. The molecule has 2 aromatic carbocycles. The van der Waals surface area contributed by atoms with Crippen LogP contribution in [0.25, 0.3) is 0 Å². The maximum Gasteiger partial charge on any atom is 0.165 e. The lowest BCUT2D eigenvalue weighted by molar-refractivity contribution is -0.00737. The highest BCUT2D eigenvalue weighted by Crippen LogP contribution is 2.38. The molecular formula is C22H21Cl2NO4S. The molecule has 0 aliphatic carbocycles. The number of rotatable bonds is 5. The van der Waals surface area contributed by atoms with Gasteiger partial charge in [0, 0.05) is 34.0 Å². The fraction of sp³-hybridized carbons (Fsp3) is 0.364. The van der Waals surface area contributed by atoms with E-state index >= 15 is 0 Å². The Morgan fingerprint density at radius 1 is 1.17 bits per heavy atom. The zero-order valence-electron chi connectivity index (χ0n) is 16.6. The zero-order chi connectivity index (χ0) is 21.7. The first-order valence-electron chi connectivity index (χ1n) is 9.61. The van der Waals surface area contributed by atoms with E-state index in [4.69, 9.17) is 28.0 Å². The maximum atomic E-state index is 12.6. The van der Waals surface area contributed by atoms with Crippen LogP contribution in [-0.4, -0.2) is 31.4 Å². The smallest absolute Gasteiger partial charge is 0.165 e. The molecule has 1 unspecified atom stereocenters. The summed E-state index contributed by atoms with van der Waals surface area (Å²) in [5.41, 5.74) is 3.28. The van der Waals surface area contributed by atoms with E-state index < -0.39 is 15.4 Å². The van der Waals surface area contributed by atoms with Gasteiger partial charge < -0.3 is 4.84 Å². The van der Waals surface area contributed by atoms with Crippen molar-refractivity contribution in [3.63, 3.8) is 0 Å². The molecule has 0 radical (unpaired) electrons. The van der Waals surface area contributed by atoms with Crippen molar-refractivity contribution >= 4 is 44.5 Å². The predicted octanol–water partition coefficient (Wildman–Crippen LogP) is 4.96. The summed E-state index contributed by atoms with van der Waals surface area (Å²) in [6.45, 7) is 3.81. The molecule has 1 fully saturated rings. The molecule has 8 heteroatoms. The Balaban J connectivity index is 1.49. The van der Waals surface area contributed by atoms with Crippen molar-refractivity contribution in [1.29, 1.82) is 0 Å². The van der Waals surface area contributed by atoms with E-state index in [0.29, 0.717) is 22.0 Å². The fourth-order valence-electron chi connectivity index (χ4n) is 4.02. The third-order valence-electron chi connectivity index (χ3n) is 5.65. The average Bonchev–Trinajstić information content (AvgIpc) is 3.03. The zero-order valence-corrected chi connectivity index (χ0v) is 18.9. The summed E-state index contributed by atoms with van der Waals surface area (Å²) in [5, 5.41) is 5.35. The number of benzene rings is 2. The number of sulfone groups is 1. The van der Waals surface area contributed by atoms with Gasteiger partial charge in [0.25, 0.3) is 0 Å². The molecule has 1 saturated heterocycles. The molecular weight excluding hydrogens is 445 g/mol. The summed E-state index contributed by atoms with van der Waals surface area (Å²) in [7, 11) is -2.92. The highest BCUT2D eigenvalue weighted by molar-refractivity contribution is 7.92. The molecule has 158 valence electrons. The second-order valence-electron chi connectivity index (χ2n) is 8.29.